The lowest BCUT2D eigenvalue weighted by Crippen LogP contribution is -2.19. The largest absolute Gasteiger partial charge is 0.373 e. The Morgan fingerprint density at radius 2 is 1.94 bits per heavy atom. The van der Waals surface area contributed by atoms with Gasteiger partial charge in [-0.25, -0.2) is 23.7 Å². The Hall–Kier alpha value is -3.26. The highest BCUT2D eigenvalue weighted by atomic mass is 19.1. The molecule has 6 rings (SSSR count). The van der Waals surface area contributed by atoms with Gasteiger partial charge in [0, 0.05) is 41.6 Å². The number of pyridine rings is 1. The zero-order valence-electron chi connectivity index (χ0n) is 19.8. The predicted octanol–water partition coefficient (Wildman–Crippen LogP) is 6.01. The maximum atomic E-state index is 14.9. The SMILES string of the molecule is CCc1nc2c(-c3ccc(F)cc3F)nc(C3CCOC(c4cnn(C5CC5)c4)C3)cc2nc1C. The minimum atomic E-state index is -0.659. The Balaban J connectivity index is 1.42. The van der Waals surface area contributed by atoms with Crippen LogP contribution in [-0.2, 0) is 11.2 Å². The molecule has 0 bridgehead atoms. The highest BCUT2D eigenvalue weighted by Gasteiger charge is 2.30. The van der Waals surface area contributed by atoms with E-state index in [1.807, 2.05) is 30.8 Å². The van der Waals surface area contributed by atoms with Crippen LogP contribution in [0.25, 0.3) is 22.3 Å². The van der Waals surface area contributed by atoms with Crippen LogP contribution in [-0.4, -0.2) is 31.3 Å². The second-order valence-electron chi connectivity index (χ2n) is 9.56. The van der Waals surface area contributed by atoms with Crippen LogP contribution < -0.4 is 0 Å². The molecule has 1 aliphatic heterocycles. The summed E-state index contributed by atoms with van der Waals surface area (Å²) in [5, 5.41) is 4.52. The summed E-state index contributed by atoms with van der Waals surface area (Å²) in [6.07, 6.45) is 8.55. The molecule has 2 atom stereocenters. The van der Waals surface area contributed by atoms with Gasteiger partial charge in [0.2, 0.25) is 0 Å². The van der Waals surface area contributed by atoms with Crippen LogP contribution in [0.5, 0.6) is 0 Å². The van der Waals surface area contributed by atoms with Gasteiger partial charge in [0.25, 0.3) is 0 Å². The fourth-order valence-corrected chi connectivity index (χ4v) is 4.97. The summed E-state index contributed by atoms with van der Waals surface area (Å²) in [5.74, 6) is -1.17. The second kappa shape index (κ2) is 8.75. The van der Waals surface area contributed by atoms with E-state index in [1.165, 1.54) is 25.0 Å². The smallest absolute Gasteiger partial charge is 0.135 e. The number of aromatic nitrogens is 5. The molecule has 1 aromatic carbocycles. The molecule has 4 aromatic rings. The van der Waals surface area contributed by atoms with Gasteiger partial charge < -0.3 is 4.74 Å². The Bertz CT molecular complexity index is 1410. The van der Waals surface area contributed by atoms with E-state index >= 15 is 0 Å². The number of ether oxygens (including phenoxy) is 1. The van der Waals surface area contributed by atoms with Crippen LogP contribution in [0, 0.1) is 18.6 Å². The first-order valence-electron chi connectivity index (χ1n) is 12.3. The number of hydrogen-bond donors (Lipinski definition) is 0. The number of fused-ring (bicyclic) bond motifs is 1. The minimum Gasteiger partial charge on any atom is -0.373 e. The van der Waals surface area contributed by atoms with Crippen LogP contribution in [0.3, 0.4) is 0 Å². The average molecular weight is 476 g/mol. The molecule has 0 N–H and O–H groups in total. The van der Waals surface area contributed by atoms with Crippen molar-refractivity contribution in [2.45, 2.75) is 64.0 Å². The van der Waals surface area contributed by atoms with E-state index in [0.29, 0.717) is 35.8 Å². The van der Waals surface area contributed by atoms with Gasteiger partial charge in [-0.15, -0.1) is 0 Å². The zero-order chi connectivity index (χ0) is 24.1. The van der Waals surface area contributed by atoms with Gasteiger partial charge in [0.15, 0.2) is 0 Å². The van der Waals surface area contributed by atoms with E-state index in [-0.39, 0.29) is 17.6 Å². The van der Waals surface area contributed by atoms with Crippen molar-refractivity contribution in [1.82, 2.24) is 24.7 Å². The molecule has 4 heterocycles. The van der Waals surface area contributed by atoms with Crippen molar-refractivity contribution < 1.29 is 13.5 Å². The molecule has 2 unspecified atom stereocenters. The molecule has 6 nitrogen and oxygen atoms in total. The standard InChI is InChI=1S/C27H27F2N5O/c1-3-22-15(2)31-24-12-23(33-26(27(24)32-22)20-7-4-18(28)11-21(20)29)16-8-9-35-25(10-16)17-13-30-34(14-17)19-5-6-19/h4,7,11-14,16,19,25H,3,5-6,8-10H2,1-2H3. The molecule has 0 spiro atoms. The van der Waals surface area contributed by atoms with Gasteiger partial charge >= 0.3 is 0 Å². The lowest BCUT2D eigenvalue weighted by atomic mass is 9.89. The van der Waals surface area contributed by atoms with Crippen LogP contribution in [0.1, 0.15) is 73.3 Å². The zero-order valence-corrected chi connectivity index (χ0v) is 19.8. The van der Waals surface area contributed by atoms with E-state index in [9.17, 15) is 8.78 Å². The van der Waals surface area contributed by atoms with Gasteiger partial charge in [-0.05, 0) is 57.2 Å². The predicted molar refractivity (Wildman–Crippen MR) is 128 cm³/mol. The van der Waals surface area contributed by atoms with E-state index in [2.05, 4.69) is 11.3 Å². The fourth-order valence-electron chi connectivity index (χ4n) is 4.97. The summed E-state index contributed by atoms with van der Waals surface area (Å²) in [6, 6.07) is 6.07. The summed E-state index contributed by atoms with van der Waals surface area (Å²) >= 11 is 0. The quantitative estimate of drug-likeness (QED) is 0.354. The van der Waals surface area contributed by atoms with Crippen molar-refractivity contribution in [2.75, 3.05) is 6.61 Å². The third-order valence-corrected chi connectivity index (χ3v) is 7.08. The van der Waals surface area contributed by atoms with Crippen LogP contribution in [0.2, 0.25) is 0 Å². The maximum absolute atomic E-state index is 14.9. The molecule has 1 saturated carbocycles. The maximum Gasteiger partial charge on any atom is 0.135 e. The first-order chi connectivity index (χ1) is 17.0. The van der Waals surface area contributed by atoms with E-state index < -0.39 is 11.6 Å². The van der Waals surface area contributed by atoms with Crippen molar-refractivity contribution >= 4 is 11.0 Å². The van der Waals surface area contributed by atoms with Gasteiger partial charge in [-0.3, -0.25) is 4.68 Å². The summed E-state index contributed by atoms with van der Waals surface area (Å²) in [4.78, 5) is 14.5. The molecule has 180 valence electrons. The first-order valence-corrected chi connectivity index (χ1v) is 12.3. The third-order valence-electron chi connectivity index (χ3n) is 7.08. The topological polar surface area (TPSA) is 65.7 Å². The van der Waals surface area contributed by atoms with Gasteiger partial charge in [0.05, 0.1) is 35.2 Å². The van der Waals surface area contributed by atoms with Crippen LogP contribution in [0.4, 0.5) is 8.78 Å². The molecular formula is C27H27F2N5O. The summed E-state index contributed by atoms with van der Waals surface area (Å²) < 4.78 is 36.7. The van der Waals surface area contributed by atoms with Gasteiger partial charge in [0.1, 0.15) is 22.8 Å². The third kappa shape index (κ3) is 4.20. The van der Waals surface area contributed by atoms with Crippen molar-refractivity contribution in [3.63, 3.8) is 0 Å². The molecule has 0 amide bonds. The first kappa shape index (κ1) is 22.2. The average Bonchev–Trinajstić information content (AvgIpc) is 3.59. The lowest BCUT2D eigenvalue weighted by molar-refractivity contribution is 0.00462. The number of nitrogens with zero attached hydrogens (tertiary/aromatic N) is 5. The van der Waals surface area contributed by atoms with Crippen LogP contribution in [0.15, 0.2) is 36.7 Å². The number of rotatable bonds is 5. The van der Waals surface area contributed by atoms with Crippen molar-refractivity contribution in [2.24, 2.45) is 0 Å². The Morgan fingerprint density at radius 1 is 1.09 bits per heavy atom. The fraction of sp³-hybridized carbons (Fsp3) is 0.407. The normalized spacial score (nSPS) is 20.5. The monoisotopic (exact) mass is 475 g/mol. The second-order valence-corrected chi connectivity index (χ2v) is 9.56. The van der Waals surface area contributed by atoms with Crippen molar-refractivity contribution in [3.8, 4) is 11.3 Å². The Labute approximate surface area is 202 Å². The summed E-state index contributed by atoms with van der Waals surface area (Å²) in [7, 11) is 0. The van der Waals surface area contributed by atoms with Gasteiger partial charge in [-0.1, -0.05) is 6.92 Å². The highest BCUT2D eigenvalue weighted by Crippen LogP contribution is 2.40. The van der Waals surface area contributed by atoms with E-state index in [0.717, 1.165) is 41.6 Å². The van der Waals surface area contributed by atoms with E-state index in [4.69, 9.17) is 19.7 Å². The molecule has 2 fully saturated rings. The van der Waals surface area contributed by atoms with E-state index in [1.54, 1.807) is 0 Å². The highest BCUT2D eigenvalue weighted by molar-refractivity contribution is 5.89. The summed E-state index contributed by atoms with van der Waals surface area (Å²) in [6.45, 7) is 4.55. The molecular weight excluding hydrogens is 448 g/mol. The van der Waals surface area contributed by atoms with Gasteiger partial charge in [-0.2, -0.15) is 5.10 Å². The van der Waals surface area contributed by atoms with Crippen LogP contribution >= 0.6 is 0 Å². The Morgan fingerprint density at radius 3 is 2.71 bits per heavy atom. The molecule has 1 saturated heterocycles. The van der Waals surface area contributed by atoms with Crippen molar-refractivity contribution in [1.29, 1.82) is 0 Å². The Kier molecular flexibility index (Phi) is 5.56. The number of benzene rings is 1. The molecule has 35 heavy (non-hydrogen) atoms. The number of hydrogen-bond acceptors (Lipinski definition) is 5. The minimum absolute atomic E-state index is 0.0694. The molecule has 3 aromatic heterocycles. The molecule has 1 aliphatic carbocycles. The lowest BCUT2D eigenvalue weighted by Gasteiger charge is -2.29. The molecule has 8 heteroatoms. The number of halogens is 2. The molecule has 2 aliphatic rings. The number of aryl methyl sites for hydroxylation is 2. The van der Waals surface area contributed by atoms with Crippen molar-refractivity contribution in [3.05, 3.63) is 70.9 Å². The summed E-state index contributed by atoms with van der Waals surface area (Å²) in [5.41, 5.74) is 5.45. The molecule has 0 radical (unpaired) electrons.